The number of piperazine rings is 1. The maximum Gasteiger partial charge on any atom is 0.247 e. The predicted molar refractivity (Wildman–Crippen MR) is 132 cm³/mol. The Balaban J connectivity index is 1.40. The second-order valence-corrected chi connectivity index (χ2v) is 10.4. The molecule has 1 fully saturated rings. The molecule has 1 N–H and O–H groups in total. The summed E-state index contributed by atoms with van der Waals surface area (Å²) in [6.07, 6.45) is 4.53. The third-order valence-corrected chi connectivity index (χ3v) is 7.62. The Bertz CT molecular complexity index is 912. The van der Waals surface area contributed by atoms with Crippen molar-refractivity contribution in [2.45, 2.75) is 40.5 Å². The highest BCUT2D eigenvalue weighted by atomic mass is 16.4. The molecular formula is C27H40N4O2. The summed E-state index contributed by atoms with van der Waals surface area (Å²) in [6, 6.07) is 8.24. The van der Waals surface area contributed by atoms with E-state index in [9.17, 15) is 5.11 Å². The van der Waals surface area contributed by atoms with Gasteiger partial charge in [-0.05, 0) is 56.1 Å². The van der Waals surface area contributed by atoms with Gasteiger partial charge in [0.15, 0.2) is 0 Å². The lowest BCUT2D eigenvalue weighted by atomic mass is 9.69. The lowest BCUT2D eigenvalue weighted by molar-refractivity contribution is 0.0887. The summed E-state index contributed by atoms with van der Waals surface area (Å²) in [5, 5.41) is 17.9. The molecule has 4 rings (SSSR count). The van der Waals surface area contributed by atoms with Crippen LogP contribution in [0.3, 0.4) is 0 Å². The average Bonchev–Trinajstić information content (AvgIpc) is 3.26. The zero-order valence-corrected chi connectivity index (χ0v) is 20.7. The smallest absolute Gasteiger partial charge is 0.247 e. The number of aromatic nitrogens is 2. The first-order valence-corrected chi connectivity index (χ1v) is 12.6. The molecule has 1 aromatic heterocycles. The van der Waals surface area contributed by atoms with Crippen molar-refractivity contribution in [3.8, 4) is 11.5 Å². The molecule has 2 aliphatic rings. The highest BCUT2D eigenvalue weighted by Crippen LogP contribution is 2.39. The van der Waals surface area contributed by atoms with Gasteiger partial charge in [0.2, 0.25) is 11.8 Å². The predicted octanol–water partition coefficient (Wildman–Crippen LogP) is 4.05. The largest absolute Gasteiger partial charge is 0.421 e. The van der Waals surface area contributed by atoms with Gasteiger partial charge in [-0.15, -0.1) is 10.2 Å². The van der Waals surface area contributed by atoms with Gasteiger partial charge < -0.3 is 14.4 Å². The van der Waals surface area contributed by atoms with Crippen molar-refractivity contribution < 1.29 is 9.52 Å². The van der Waals surface area contributed by atoms with Gasteiger partial charge in [-0.3, -0.25) is 4.90 Å². The maximum absolute atomic E-state index is 9.19. The van der Waals surface area contributed by atoms with E-state index in [0.29, 0.717) is 29.6 Å². The van der Waals surface area contributed by atoms with E-state index in [-0.39, 0.29) is 6.61 Å². The number of allylic oxidation sites excluding steroid dienone is 1. The summed E-state index contributed by atoms with van der Waals surface area (Å²) in [7, 11) is 0. The number of nitrogens with zero attached hydrogens (tertiary/aromatic N) is 4. The van der Waals surface area contributed by atoms with E-state index in [2.05, 4.69) is 65.9 Å². The van der Waals surface area contributed by atoms with Crippen LogP contribution in [0.25, 0.3) is 11.5 Å². The van der Waals surface area contributed by atoms with Crippen molar-refractivity contribution in [2.75, 3.05) is 45.9 Å². The SMILES string of the molecule is CC1=C[C@@H](CN2CCN(CCO)CC2)[C@H](C(C)C)C[C@@H]1Cc1nnc(-c2ccc(C)cc2)o1. The number of benzene rings is 1. The first-order chi connectivity index (χ1) is 15.9. The minimum Gasteiger partial charge on any atom is -0.421 e. The molecule has 0 unspecified atom stereocenters. The Labute approximate surface area is 198 Å². The minimum atomic E-state index is 0.258. The zero-order chi connectivity index (χ0) is 23.4. The fraction of sp³-hybridized carbons (Fsp3) is 0.630. The molecule has 0 saturated carbocycles. The Morgan fingerprint density at radius 3 is 2.39 bits per heavy atom. The normalized spacial score (nSPS) is 24.9. The molecule has 1 aliphatic heterocycles. The quantitative estimate of drug-likeness (QED) is 0.610. The molecule has 1 aliphatic carbocycles. The van der Waals surface area contributed by atoms with E-state index >= 15 is 0 Å². The van der Waals surface area contributed by atoms with Crippen molar-refractivity contribution in [3.05, 3.63) is 47.4 Å². The summed E-state index contributed by atoms with van der Waals surface area (Å²) in [5.41, 5.74) is 3.67. The van der Waals surface area contributed by atoms with Gasteiger partial charge in [0.05, 0.1) is 6.61 Å². The summed E-state index contributed by atoms with van der Waals surface area (Å²) in [4.78, 5) is 4.98. The molecule has 180 valence electrons. The first-order valence-electron chi connectivity index (χ1n) is 12.6. The molecule has 0 bridgehead atoms. The molecule has 6 heteroatoms. The van der Waals surface area contributed by atoms with Crippen LogP contribution in [0.5, 0.6) is 0 Å². The van der Waals surface area contributed by atoms with Gasteiger partial charge in [-0.2, -0.15) is 0 Å². The summed E-state index contributed by atoms with van der Waals surface area (Å²) >= 11 is 0. The second-order valence-electron chi connectivity index (χ2n) is 10.4. The van der Waals surface area contributed by atoms with Crippen molar-refractivity contribution in [2.24, 2.45) is 23.7 Å². The number of β-amino-alcohol motifs (C(OH)–C–C–N with tert-alkyl or cyclic N) is 1. The Kier molecular flexibility index (Phi) is 7.99. The second kappa shape index (κ2) is 10.9. The zero-order valence-electron chi connectivity index (χ0n) is 20.7. The van der Waals surface area contributed by atoms with E-state index in [1.807, 2.05) is 12.1 Å². The Morgan fingerprint density at radius 2 is 1.73 bits per heavy atom. The third kappa shape index (κ3) is 6.11. The van der Waals surface area contributed by atoms with Gasteiger partial charge >= 0.3 is 0 Å². The molecule has 2 aromatic rings. The maximum atomic E-state index is 9.19. The molecular weight excluding hydrogens is 412 g/mol. The van der Waals surface area contributed by atoms with E-state index < -0.39 is 0 Å². The van der Waals surface area contributed by atoms with Crippen molar-refractivity contribution in [3.63, 3.8) is 0 Å². The van der Waals surface area contributed by atoms with E-state index in [0.717, 1.165) is 57.1 Å². The molecule has 1 aromatic carbocycles. The molecule has 33 heavy (non-hydrogen) atoms. The van der Waals surface area contributed by atoms with Crippen LogP contribution in [0.1, 0.15) is 38.6 Å². The summed E-state index contributed by atoms with van der Waals surface area (Å²) in [5.74, 6) is 3.71. The first kappa shape index (κ1) is 24.1. The molecule has 0 amide bonds. The highest BCUT2D eigenvalue weighted by molar-refractivity contribution is 5.52. The fourth-order valence-corrected chi connectivity index (χ4v) is 5.48. The Hall–Kier alpha value is -2.02. The number of aryl methyl sites for hydroxylation is 1. The number of hydrogen-bond donors (Lipinski definition) is 1. The molecule has 3 atom stereocenters. The van der Waals surface area contributed by atoms with Crippen LogP contribution in [-0.4, -0.2) is 71.0 Å². The van der Waals surface area contributed by atoms with E-state index in [4.69, 9.17) is 4.42 Å². The van der Waals surface area contributed by atoms with Crippen LogP contribution < -0.4 is 0 Å². The van der Waals surface area contributed by atoms with Crippen LogP contribution in [0, 0.1) is 30.6 Å². The lowest BCUT2D eigenvalue weighted by Crippen LogP contribution is -2.49. The molecule has 1 saturated heterocycles. The van der Waals surface area contributed by atoms with Gasteiger partial charge in [0.1, 0.15) is 0 Å². The van der Waals surface area contributed by atoms with E-state index in [1.165, 1.54) is 17.6 Å². The standard InChI is InChI=1S/C27H40N4O2/c1-19(2)25-16-23(17-26-28-29-27(33-26)22-7-5-20(3)6-8-22)21(4)15-24(25)18-31-11-9-30(10-12-31)13-14-32/h5-8,15,19,23-25,32H,9-14,16-18H2,1-4H3/t23-,24+,25+/m1/s1. The lowest BCUT2D eigenvalue weighted by Gasteiger charge is -2.41. The minimum absolute atomic E-state index is 0.258. The number of hydrogen-bond acceptors (Lipinski definition) is 6. The van der Waals surface area contributed by atoms with Crippen molar-refractivity contribution >= 4 is 0 Å². The summed E-state index contributed by atoms with van der Waals surface area (Å²) in [6.45, 7) is 15.6. The number of aliphatic hydroxyl groups is 1. The Morgan fingerprint density at radius 1 is 1.03 bits per heavy atom. The number of aliphatic hydroxyl groups excluding tert-OH is 1. The van der Waals surface area contributed by atoms with Crippen molar-refractivity contribution in [1.82, 2.24) is 20.0 Å². The van der Waals surface area contributed by atoms with E-state index in [1.54, 1.807) is 0 Å². The highest BCUT2D eigenvalue weighted by Gasteiger charge is 2.34. The third-order valence-electron chi connectivity index (χ3n) is 7.62. The van der Waals surface area contributed by atoms with Crippen LogP contribution in [-0.2, 0) is 6.42 Å². The van der Waals surface area contributed by atoms with Gasteiger partial charge in [0, 0.05) is 51.3 Å². The van der Waals surface area contributed by atoms with Gasteiger partial charge in [0.25, 0.3) is 0 Å². The summed E-state index contributed by atoms with van der Waals surface area (Å²) < 4.78 is 6.05. The van der Waals surface area contributed by atoms with Gasteiger partial charge in [-0.25, -0.2) is 0 Å². The van der Waals surface area contributed by atoms with Crippen molar-refractivity contribution in [1.29, 1.82) is 0 Å². The number of rotatable bonds is 8. The molecule has 0 spiro atoms. The van der Waals surface area contributed by atoms with Crippen LogP contribution in [0.4, 0.5) is 0 Å². The topological polar surface area (TPSA) is 65.6 Å². The van der Waals surface area contributed by atoms with Gasteiger partial charge in [-0.1, -0.05) is 43.2 Å². The molecule has 0 radical (unpaired) electrons. The monoisotopic (exact) mass is 452 g/mol. The van der Waals surface area contributed by atoms with Crippen LogP contribution >= 0.6 is 0 Å². The fourth-order valence-electron chi connectivity index (χ4n) is 5.48. The van der Waals surface area contributed by atoms with Crippen LogP contribution in [0.15, 0.2) is 40.3 Å². The molecule has 2 heterocycles. The average molecular weight is 453 g/mol. The van der Waals surface area contributed by atoms with Crippen LogP contribution in [0.2, 0.25) is 0 Å². The molecule has 6 nitrogen and oxygen atoms in total.